The lowest BCUT2D eigenvalue weighted by molar-refractivity contribution is -0.459. The zero-order valence-electron chi connectivity index (χ0n) is 10.1. The van der Waals surface area contributed by atoms with Crippen LogP contribution in [0.2, 0.25) is 0 Å². The number of nitrogens with one attached hydrogen (secondary N) is 2. The highest BCUT2D eigenvalue weighted by molar-refractivity contribution is 7.90. The Morgan fingerprint density at radius 3 is 2.72 bits per heavy atom. The van der Waals surface area contributed by atoms with E-state index in [0.717, 1.165) is 32.2 Å². The summed E-state index contributed by atoms with van der Waals surface area (Å²) in [5.41, 5.74) is 5.96. The first-order valence-corrected chi connectivity index (χ1v) is 7.55. The minimum absolute atomic E-state index is 0.128. The number of anilines is 1. The second kappa shape index (κ2) is 5.39. The molecular formula is C12H18N3O2S+. The van der Waals surface area contributed by atoms with Crippen molar-refractivity contribution < 1.29 is 13.4 Å². The second-order valence-corrected chi connectivity index (χ2v) is 6.01. The van der Waals surface area contributed by atoms with Crippen LogP contribution in [0.4, 0.5) is 5.69 Å². The number of sulfonamides is 1. The number of amidine groups is 1. The van der Waals surface area contributed by atoms with Gasteiger partial charge in [-0.15, -0.1) is 0 Å². The fourth-order valence-electron chi connectivity index (χ4n) is 1.96. The number of nitrogen functional groups attached to an aromatic ring is 1. The van der Waals surface area contributed by atoms with E-state index in [9.17, 15) is 8.42 Å². The number of hydrogen-bond donors (Lipinski definition) is 3. The highest BCUT2D eigenvalue weighted by Crippen LogP contribution is 2.16. The van der Waals surface area contributed by atoms with Gasteiger partial charge in [0.1, 0.15) is 4.90 Å². The molecule has 1 heterocycles. The van der Waals surface area contributed by atoms with Gasteiger partial charge in [0.15, 0.2) is 0 Å². The lowest BCUT2D eigenvalue weighted by Crippen LogP contribution is -2.76. The maximum Gasteiger partial charge on any atom is 0.330 e. The lowest BCUT2D eigenvalue weighted by Gasteiger charge is -2.05. The first-order chi connectivity index (χ1) is 8.59. The van der Waals surface area contributed by atoms with Gasteiger partial charge in [-0.2, -0.15) is 13.1 Å². The van der Waals surface area contributed by atoms with E-state index in [1.807, 2.05) is 0 Å². The van der Waals surface area contributed by atoms with Crippen molar-refractivity contribution in [3.63, 3.8) is 0 Å². The van der Waals surface area contributed by atoms with Crippen LogP contribution in [-0.2, 0) is 10.0 Å². The Bertz CT molecular complexity index is 552. The van der Waals surface area contributed by atoms with Gasteiger partial charge < -0.3 is 5.73 Å². The molecule has 0 spiro atoms. The predicted octanol–water partition coefficient (Wildman–Crippen LogP) is -0.400. The fraction of sp³-hybridized carbons (Fsp3) is 0.417. The quantitative estimate of drug-likeness (QED) is 0.638. The van der Waals surface area contributed by atoms with Crippen molar-refractivity contribution in [2.75, 3.05) is 12.3 Å². The molecule has 0 fully saturated rings. The summed E-state index contributed by atoms with van der Waals surface area (Å²) in [5, 5.41) is 0. The third-order valence-electron chi connectivity index (χ3n) is 2.91. The Morgan fingerprint density at radius 1 is 1.17 bits per heavy atom. The summed E-state index contributed by atoms with van der Waals surface area (Å²) < 4.78 is 27.0. The molecule has 0 bridgehead atoms. The summed E-state index contributed by atoms with van der Waals surface area (Å²) in [6.07, 6.45) is 3.91. The molecule has 0 saturated heterocycles. The van der Waals surface area contributed by atoms with Crippen molar-refractivity contribution in [2.24, 2.45) is 0 Å². The average Bonchev–Trinajstić information content (AvgIpc) is 2.57. The van der Waals surface area contributed by atoms with E-state index >= 15 is 0 Å². The highest BCUT2D eigenvalue weighted by atomic mass is 32.2. The summed E-state index contributed by atoms with van der Waals surface area (Å²) in [6.45, 7) is 0.808. The van der Waals surface area contributed by atoms with E-state index in [-0.39, 0.29) is 10.6 Å². The van der Waals surface area contributed by atoms with Crippen molar-refractivity contribution >= 4 is 21.5 Å². The molecule has 6 heteroatoms. The molecule has 1 aromatic carbocycles. The van der Waals surface area contributed by atoms with Crippen molar-refractivity contribution in [1.82, 2.24) is 4.72 Å². The molecule has 5 nitrogen and oxygen atoms in total. The normalized spacial score (nSPS) is 16.8. The Balaban J connectivity index is 2.22. The van der Waals surface area contributed by atoms with Gasteiger partial charge in [0, 0.05) is 6.42 Å². The van der Waals surface area contributed by atoms with Gasteiger partial charge in [-0.05, 0) is 31.4 Å². The number of benzene rings is 1. The van der Waals surface area contributed by atoms with Crippen LogP contribution in [-0.4, -0.2) is 20.8 Å². The van der Waals surface area contributed by atoms with Crippen molar-refractivity contribution in [2.45, 2.75) is 30.6 Å². The van der Waals surface area contributed by atoms with E-state index in [2.05, 4.69) is 9.71 Å². The van der Waals surface area contributed by atoms with Gasteiger partial charge in [0.25, 0.3) is 5.84 Å². The molecule has 0 unspecified atom stereocenters. The highest BCUT2D eigenvalue weighted by Gasteiger charge is 2.24. The van der Waals surface area contributed by atoms with Gasteiger partial charge in [-0.3, -0.25) is 4.99 Å². The number of nitrogens with two attached hydrogens (primary N) is 1. The molecular weight excluding hydrogens is 250 g/mol. The number of rotatable bonds is 2. The summed E-state index contributed by atoms with van der Waals surface area (Å²) in [7, 11) is -3.58. The van der Waals surface area contributed by atoms with Crippen LogP contribution >= 0.6 is 0 Å². The molecule has 2 rings (SSSR count). The zero-order chi connectivity index (χ0) is 13.0. The molecule has 0 saturated carbocycles. The maximum atomic E-state index is 12.2. The molecule has 0 radical (unpaired) electrons. The van der Waals surface area contributed by atoms with E-state index in [1.54, 1.807) is 18.2 Å². The van der Waals surface area contributed by atoms with Crippen LogP contribution in [0.15, 0.2) is 29.2 Å². The number of hydrogen-bond acceptors (Lipinski definition) is 3. The topological polar surface area (TPSA) is 86.2 Å². The van der Waals surface area contributed by atoms with Gasteiger partial charge in [-0.1, -0.05) is 12.1 Å². The molecule has 98 valence electrons. The second-order valence-electron chi connectivity index (χ2n) is 4.36. The third kappa shape index (κ3) is 3.01. The molecule has 4 N–H and O–H groups in total. The average molecular weight is 268 g/mol. The summed E-state index contributed by atoms with van der Waals surface area (Å²) in [5.74, 6) is 0.663. The molecule has 0 aliphatic carbocycles. The van der Waals surface area contributed by atoms with Crippen LogP contribution in [0.3, 0.4) is 0 Å². The van der Waals surface area contributed by atoms with Crippen LogP contribution in [0.1, 0.15) is 25.7 Å². The maximum absolute atomic E-state index is 12.2. The Hall–Kier alpha value is -1.56. The molecule has 1 aliphatic heterocycles. The number of para-hydroxylation sites is 1. The largest absolute Gasteiger partial charge is 0.398 e. The molecule has 0 amide bonds. The van der Waals surface area contributed by atoms with E-state index in [0.29, 0.717) is 5.84 Å². The van der Waals surface area contributed by atoms with Crippen molar-refractivity contribution in [1.29, 1.82) is 0 Å². The third-order valence-corrected chi connectivity index (χ3v) is 4.37. The summed E-state index contributed by atoms with van der Waals surface area (Å²) >= 11 is 0. The minimum atomic E-state index is -3.58. The van der Waals surface area contributed by atoms with Crippen molar-refractivity contribution in [3.05, 3.63) is 24.3 Å². The molecule has 0 aromatic heterocycles. The fourth-order valence-corrected chi connectivity index (χ4v) is 3.21. The lowest BCUT2D eigenvalue weighted by atomic mass is 10.2. The zero-order valence-corrected chi connectivity index (χ0v) is 11.0. The standard InChI is InChI=1S/C12H17N3O2S/c13-10-6-3-4-7-11(10)18(16,17)15-12-8-2-1-5-9-14-12/h3-4,6-7H,1-2,5,8-9,13H2,(H,14,15)/p+1. The van der Waals surface area contributed by atoms with Crippen LogP contribution in [0.5, 0.6) is 0 Å². The van der Waals surface area contributed by atoms with E-state index in [4.69, 9.17) is 5.73 Å². The monoisotopic (exact) mass is 268 g/mol. The Labute approximate surface area is 107 Å². The Kier molecular flexibility index (Phi) is 3.86. The first kappa shape index (κ1) is 12.9. The van der Waals surface area contributed by atoms with Crippen LogP contribution in [0.25, 0.3) is 0 Å². The molecule has 0 atom stereocenters. The molecule has 1 aliphatic rings. The predicted molar refractivity (Wildman–Crippen MR) is 70.5 cm³/mol. The van der Waals surface area contributed by atoms with Gasteiger partial charge in [0.05, 0.1) is 12.2 Å². The van der Waals surface area contributed by atoms with Gasteiger partial charge in [-0.25, -0.2) is 0 Å². The van der Waals surface area contributed by atoms with Crippen LogP contribution < -0.4 is 15.4 Å². The van der Waals surface area contributed by atoms with Crippen molar-refractivity contribution in [3.8, 4) is 0 Å². The minimum Gasteiger partial charge on any atom is -0.398 e. The van der Waals surface area contributed by atoms with Gasteiger partial charge in [0.2, 0.25) is 0 Å². The van der Waals surface area contributed by atoms with E-state index < -0.39 is 10.0 Å². The first-order valence-electron chi connectivity index (χ1n) is 6.06. The molecule has 1 aromatic rings. The molecule has 18 heavy (non-hydrogen) atoms. The summed E-state index contributed by atoms with van der Waals surface area (Å²) in [6, 6.07) is 6.47. The smallest absolute Gasteiger partial charge is 0.330 e. The van der Waals surface area contributed by atoms with Crippen LogP contribution in [0, 0.1) is 0 Å². The van der Waals surface area contributed by atoms with E-state index in [1.165, 1.54) is 6.07 Å². The summed E-state index contributed by atoms with van der Waals surface area (Å²) in [4.78, 5) is 3.24. The van der Waals surface area contributed by atoms with Gasteiger partial charge >= 0.3 is 10.0 Å². The SMILES string of the molecule is Nc1ccccc1S(=O)(=O)NC1=[NH+]CCCCC1. The Morgan fingerprint density at radius 2 is 1.94 bits per heavy atom.